The van der Waals surface area contributed by atoms with Crippen LogP contribution in [0, 0.1) is 5.92 Å². The SMILES string of the molecule is CC(=O)c1cccc(C(=O)N[C@@H](CC(C)C)C(=O)N2CCN(C(=O)[C@H](Cc3ccccc3)NC(=O)c3ccc(C(=O)c4ccccc4)cc3)CC2)c1.O=C(O)C(F)(F)F. The Kier molecular flexibility index (Phi) is 15.8. The molecule has 310 valence electrons. The predicted octanol–water partition coefficient (Wildman–Crippen LogP) is 5.61. The first-order valence-corrected chi connectivity index (χ1v) is 18.8. The van der Waals surface area contributed by atoms with Crippen molar-refractivity contribution in [2.45, 2.75) is 51.9 Å². The number of benzene rings is 4. The second-order valence-corrected chi connectivity index (χ2v) is 14.2. The van der Waals surface area contributed by atoms with Gasteiger partial charge in [-0.15, -0.1) is 0 Å². The maximum atomic E-state index is 14.0. The van der Waals surface area contributed by atoms with E-state index in [0.29, 0.717) is 34.2 Å². The minimum Gasteiger partial charge on any atom is -0.475 e. The van der Waals surface area contributed by atoms with Gasteiger partial charge in [0, 0.05) is 60.4 Å². The zero-order valence-corrected chi connectivity index (χ0v) is 32.7. The number of Topliss-reactive ketones (excluding diaryl/α,β-unsaturated/α-hetero) is 1. The molecule has 0 unspecified atom stereocenters. The molecule has 1 fully saturated rings. The lowest BCUT2D eigenvalue weighted by molar-refractivity contribution is -0.192. The second kappa shape index (κ2) is 20.7. The topological polar surface area (TPSA) is 170 Å². The molecule has 59 heavy (non-hydrogen) atoms. The maximum Gasteiger partial charge on any atom is 0.490 e. The Balaban J connectivity index is 0.00000101. The van der Waals surface area contributed by atoms with Gasteiger partial charge in [0.25, 0.3) is 11.8 Å². The van der Waals surface area contributed by atoms with Gasteiger partial charge in [-0.05, 0) is 49.1 Å². The van der Waals surface area contributed by atoms with Crippen LogP contribution in [0.15, 0.2) is 109 Å². The summed E-state index contributed by atoms with van der Waals surface area (Å²) in [4.78, 5) is 91.3. The Morgan fingerprint density at radius 1 is 0.610 bits per heavy atom. The van der Waals surface area contributed by atoms with Gasteiger partial charge in [-0.3, -0.25) is 28.8 Å². The van der Waals surface area contributed by atoms with Gasteiger partial charge in [0.05, 0.1) is 0 Å². The summed E-state index contributed by atoms with van der Waals surface area (Å²) in [6.07, 6.45) is -4.40. The molecule has 5 rings (SSSR count). The molecular formula is C44H45F3N4O8. The summed E-state index contributed by atoms with van der Waals surface area (Å²) < 4.78 is 31.7. The van der Waals surface area contributed by atoms with E-state index < -0.39 is 36.0 Å². The summed E-state index contributed by atoms with van der Waals surface area (Å²) in [5.41, 5.74) is 2.90. The number of nitrogens with one attached hydrogen (secondary N) is 2. The number of hydrogen-bond acceptors (Lipinski definition) is 7. The standard InChI is InChI=1S/C42H44N4O6.C2HF3O2/c1-28(2)25-36(43-40(50)35-16-10-15-34(27-35)29(3)47)41(51)45-21-23-46(24-22-45)42(52)37(26-30-11-6-4-7-12-30)44-39(49)33-19-17-32(18-20-33)38(48)31-13-8-5-9-14-31;3-2(4,5)1(6)7/h4-20,27-28,36-37H,21-26H2,1-3H3,(H,43,50)(H,44,49);(H,6,7)/t36-,37-;/m0./s1. The Morgan fingerprint density at radius 2 is 1.03 bits per heavy atom. The number of halogens is 3. The molecule has 15 heteroatoms. The fourth-order valence-corrected chi connectivity index (χ4v) is 6.22. The molecule has 1 aliphatic rings. The van der Waals surface area contributed by atoms with Gasteiger partial charge in [-0.25, -0.2) is 4.79 Å². The third-order valence-electron chi connectivity index (χ3n) is 9.32. The van der Waals surface area contributed by atoms with Crippen molar-refractivity contribution in [3.8, 4) is 0 Å². The van der Waals surface area contributed by atoms with Crippen LogP contribution >= 0.6 is 0 Å². The van der Waals surface area contributed by atoms with Gasteiger partial charge < -0.3 is 25.5 Å². The van der Waals surface area contributed by atoms with Gasteiger partial charge in [-0.2, -0.15) is 13.2 Å². The third-order valence-corrected chi connectivity index (χ3v) is 9.32. The molecule has 0 aliphatic carbocycles. The summed E-state index contributed by atoms with van der Waals surface area (Å²) in [6, 6.07) is 29.4. The fourth-order valence-electron chi connectivity index (χ4n) is 6.22. The highest BCUT2D eigenvalue weighted by Gasteiger charge is 2.38. The lowest BCUT2D eigenvalue weighted by atomic mass is 10.0. The summed E-state index contributed by atoms with van der Waals surface area (Å²) in [7, 11) is 0. The minimum absolute atomic E-state index is 0.114. The van der Waals surface area contributed by atoms with E-state index in [1.165, 1.54) is 13.0 Å². The average molecular weight is 815 g/mol. The summed E-state index contributed by atoms with van der Waals surface area (Å²) >= 11 is 0. The molecular weight excluding hydrogens is 769 g/mol. The quantitative estimate of drug-likeness (QED) is 0.146. The summed E-state index contributed by atoms with van der Waals surface area (Å²) in [5, 5.41) is 12.9. The van der Waals surface area contributed by atoms with E-state index in [-0.39, 0.29) is 61.9 Å². The van der Waals surface area contributed by atoms with Crippen molar-refractivity contribution >= 4 is 41.2 Å². The average Bonchev–Trinajstić information content (AvgIpc) is 3.23. The Bertz CT molecular complexity index is 2120. The number of ketones is 2. The number of amides is 4. The number of aliphatic carboxylic acids is 1. The van der Waals surface area contributed by atoms with Gasteiger partial charge in [0.1, 0.15) is 12.1 Å². The third kappa shape index (κ3) is 13.2. The highest BCUT2D eigenvalue weighted by atomic mass is 19.4. The van der Waals surface area contributed by atoms with Gasteiger partial charge in [0.2, 0.25) is 11.8 Å². The number of nitrogens with zero attached hydrogens (tertiary/aromatic N) is 2. The molecule has 1 aliphatic heterocycles. The molecule has 4 aromatic rings. The van der Waals surface area contributed by atoms with Crippen LogP contribution in [0.4, 0.5) is 13.2 Å². The van der Waals surface area contributed by atoms with Gasteiger partial charge >= 0.3 is 12.1 Å². The van der Waals surface area contributed by atoms with Crippen molar-refractivity contribution in [3.63, 3.8) is 0 Å². The normalized spacial score (nSPS) is 13.6. The molecule has 4 aromatic carbocycles. The molecule has 2 atom stereocenters. The highest BCUT2D eigenvalue weighted by Crippen LogP contribution is 2.17. The monoisotopic (exact) mass is 814 g/mol. The van der Waals surface area contributed by atoms with E-state index >= 15 is 0 Å². The number of rotatable bonds is 13. The van der Waals surface area contributed by atoms with Crippen molar-refractivity contribution in [2.75, 3.05) is 26.2 Å². The molecule has 4 amide bonds. The van der Waals surface area contributed by atoms with E-state index in [1.54, 1.807) is 76.5 Å². The van der Waals surface area contributed by atoms with Gasteiger partial charge in [-0.1, -0.05) is 98.8 Å². The predicted molar refractivity (Wildman–Crippen MR) is 212 cm³/mol. The Morgan fingerprint density at radius 3 is 1.54 bits per heavy atom. The van der Waals surface area contributed by atoms with Crippen LogP contribution in [0.5, 0.6) is 0 Å². The zero-order chi connectivity index (χ0) is 43.3. The molecule has 0 spiro atoms. The van der Waals surface area contributed by atoms with Crippen LogP contribution in [-0.4, -0.2) is 101 Å². The largest absolute Gasteiger partial charge is 0.490 e. The number of carbonyl (C=O) groups is 7. The minimum atomic E-state index is -5.08. The first-order valence-electron chi connectivity index (χ1n) is 18.8. The van der Waals surface area contributed by atoms with Crippen molar-refractivity contribution in [2.24, 2.45) is 5.92 Å². The van der Waals surface area contributed by atoms with E-state index in [9.17, 15) is 41.9 Å². The maximum absolute atomic E-state index is 14.0. The highest BCUT2D eigenvalue weighted by molar-refractivity contribution is 6.09. The van der Waals surface area contributed by atoms with Crippen molar-refractivity contribution in [1.29, 1.82) is 0 Å². The van der Waals surface area contributed by atoms with E-state index in [2.05, 4.69) is 10.6 Å². The van der Waals surface area contributed by atoms with Crippen LogP contribution < -0.4 is 10.6 Å². The van der Waals surface area contributed by atoms with Crippen LogP contribution in [0.25, 0.3) is 0 Å². The van der Waals surface area contributed by atoms with Crippen LogP contribution in [0.1, 0.15) is 79.8 Å². The van der Waals surface area contributed by atoms with E-state index in [0.717, 1.165) is 5.56 Å². The molecule has 1 saturated heterocycles. The number of carbonyl (C=O) groups excluding carboxylic acids is 6. The zero-order valence-electron chi connectivity index (χ0n) is 32.7. The molecule has 0 saturated carbocycles. The first kappa shape index (κ1) is 45.1. The lowest BCUT2D eigenvalue weighted by Crippen LogP contribution is -2.59. The molecule has 0 radical (unpaired) electrons. The summed E-state index contributed by atoms with van der Waals surface area (Å²) in [5.74, 6) is -4.34. The molecule has 12 nitrogen and oxygen atoms in total. The van der Waals surface area contributed by atoms with Crippen LogP contribution in [-0.2, 0) is 20.8 Å². The van der Waals surface area contributed by atoms with E-state index in [4.69, 9.17) is 9.90 Å². The number of carboxylic acid groups (broad SMARTS) is 1. The summed E-state index contributed by atoms with van der Waals surface area (Å²) in [6.45, 7) is 6.41. The number of alkyl halides is 3. The Hall–Kier alpha value is -6.64. The molecule has 3 N–H and O–H groups in total. The lowest BCUT2D eigenvalue weighted by Gasteiger charge is -2.38. The first-order chi connectivity index (χ1) is 27.9. The molecule has 0 bridgehead atoms. The van der Waals surface area contributed by atoms with Crippen molar-refractivity contribution in [3.05, 3.63) is 143 Å². The smallest absolute Gasteiger partial charge is 0.475 e. The Labute approximate surface area is 339 Å². The van der Waals surface area contributed by atoms with Crippen molar-refractivity contribution in [1.82, 2.24) is 20.4 Å². The van der Waals surface area contributed by atoms with Crippen LogP contribution in [0.2, 0.25) is 0 Å². The van der Waals surface area contributed by atoms with Crippen molar-refractivity contribution < 1.29 is 51.8 Å². The number of hydrogen-bond donors (Lipinski definition) is 3. The molecule has 0 aromatic heterocycles. The number of piperazine rings is 1. The van der Waals surface area contributed by atoms with Crippen LogP contribution in [0.3, 0.4) is 0 Å². The number of carboxylic acids is 1. The van der Waals surface area contributed by atoms with Gasteiger partial charge in [0.15, 0.2) is 11.6 Å². The second-order valence-electron chi connectivity index (χ2n) is 14.2. The van der Waals surface area contributed by atoms with E-state index in [1.807, 2.05) is 50.2 Å². The fraction of sp³-hybridized carbons (Fsp3) is 0.295. The molecule has 1 heterocycles.